The van der Waals surface area contributed by atoms with Crippen LogP contribution in [0.2, 0.25) is 0 Å². The SMILES string of the molecule is C[C@H]1CN(CCC(=O)N2Cc3ccccc3C[C@H]2C(=O)O)CC[C@@]1(C)c1cccc(O)c1. The van der Waals surface area contributed by atoms with E-state index in [1.54, 1.807) is 6.07 Å². The largest absolute Gasteiger partial charge is 0.508 e. The van der Waals surface area contributed by atoms with Crippen molar-refractivity contribution in [2.75, 3.05) is 19.6 Å². The lowest BCUT2D eigenvalue weighted by Crippen LogP contribution is -2.50. The van der Waals surface area contributed by atoms with Gasteiger partial charge in [-0.1, -0.05) is 50.2 Å². The second-order valence-electron chi connectivity index (χ2n) is 9.52. The first-order chi connectivity index (χ1) is 15.3. The molecule has 0 aromatic heterocycles. The first-order valence-corrected chi connectivity index (χ1v) is 11.4. The van der Waals surface area contributed by atoms with Gasteiger partial charge in [-0.3, -0.25) is 4.79 Å². The predicted molar refractivity (Wildman–Crippen MR) is 122 cm³/mol. The monoisotopic (exact) mass is 436 g/mol. The highest BCUT2D eigenvalue weighted by Crippen LogP contribution is 2.40. The van der Waals surface area contributed by atoms with E-state index in [0.29, 0.717) is 37.6 Å². The van der Waals surface area contributed by atoms with Crippen molar-refractivity contribution in [2.24, 2.45) is 5.92 Å². The number of hydrogen-bond acceptors (Lipinski definition) is 4. The fourth-order valence-electron chi connectivity index (χ4n) is 5.21. The number of fused-ring (bicyclic) bond motifs is 1. The zero-order valence-electron chi connectivity index (χ0n) is 18.8. The molecule has 3 atom stereocenters. The Hall–Kier alpha value is -2.86. The first-order valence-electron chi connectivity index (χ1n) is 11.4. The van der Waals surface area contributed by atoms with E-state index in [1.165, 1.54) is 4.90 Å². The zero-order chi connectivity index (χ0) is 22.9. The number of phenolic OH excluding ortho intramolecular Hbond substituents is 1. The van der Waals surface area contributed by atoms with Crippen molar-refractivity contribution in [1.82, 2.24) is 9.80 Å². The smallest absolute Gasteiger partial charge is 0.326 e. The molecule has 4 rings (SSSR count). The minimum Gasteiger partial charge on any atom is -0.508 e. The molecule has 0 aliphatic carbocycles. The van der Waals surface area contributed by atoms with Crippen molar-refractivity contribution in [3.05, 3.63) is 65.2 Å². The number of aliphatic carboxylic acids is 1. The number of hydrogen-bond donors (Lipinski definition) is 2. The van der Waals surface area contributed by atoms with Crippen LogP contribution in [0.4, 0.5) is 0 Å². The maximum Gasteiger partial charge on any atom is 0.326 e. The Labute approximate surface area is 189 Å². The van der Waals surface area contributed by atoms with Gasteiger partial charge in [-0.2, -0.15) is 0 Å². The quantitative estimate of drug-likeness (QED) is 0.751. The standard InChI is InChI=1S/C26H32N2O4/c1-18-16-27(13-11-26(18,2)21-8-5-9-22(29)15-21)12-10-24(30)28-17-20-7-4-3-6-19(20)14-23(28)25(31)32/h3-9,15,18,23,29H,10-14,16-17H2,1-2H3,(H,31,32)/t18-,23-,26+/m0/s1. The third kappa shape index (κ3) is 4.37. The molecule has 2 aliphatic rings. The predicted octanol–water partition coefficient (Wildman–Crippen LogP) is 3.42. The minimum absolute atomic E-state index is 0.0236. The van der Waals surface area contributed by atoms with Crippen LogP contribution in [0, 0.1) is 5.92 Å². The number of piperidine rings is 1. The molecule has 0 spiro atoms. The number of phenols is 1. The van der Waals surface area contributed by atoms with Crippen LogP contribution in [0.15, 0.2) is 48.5 Å². The van der Waals surface area contributed by atoms with Crippen molar-refractivity contribution in [2.45, 2.75) is 51.1 Å². The Morgan fingerprint density at radius 1 is 1.12 bits per heavy atom. The van der Waals surface area contributed by atoms with Gasteiger partial charge in [-0.25, -0.2) is 4.79 Å². The van der Waals surface area contributed by atoms with Gasteiger partial charge in [0.15, 0.2) is 0 Å². The third-order valence-electron chi connectivity index (χ3n) is 7.57. The average molecular weight is 437 g/mol. The summed E-state index contributed by atoms with van der Waals surface area (Å²) in [5.74, 6) is -0.385. The first kappa shape index (κ1) is 22.3. The second kappa shape index (κ2) is 8.94. The maximum absolute atomic E-state index is 13.0. The molecule has 2 heterocycles. The molecule has 0 saturated carbocycles. The Balaban J connectivity index is 1.38. The summed E-state index contributed by atoms with van der Waals surface area (Å²) in [4.78, 5) is 28.7. The molecule has 1 saturated heterocycles. The van der Waals surface area contributed by atoms with Gasteiger partial charge in [0.1, 0.15) is 11.8 Å². The van der Waals surface area contributed by atoms with Crippen LogP contribution < -0.4 is 0 Å². The molecule has 6 heteroatoms. The van der Waals surface area contributed by atoms with E-state index >= 15 is 0 Å². The molecule has 32 heavy (non-hydrogen) atoms. The Bertz CT molecular complexity index is 1010. The number of amides is 1. The van der Waals surface area contributed by atoms with E-state index in [4.69, 9.17) is 0 Å². The van der Waals surface area contributed by atoms with Crippen molar-refractivity contribution >= 4 is 11.9 Å². The van der Waals surface area contributed by atoms with Crippen molar-refractivity contribution in [1.29, 1.82) is 0 Å². The Kier molecular flexibility index (Phi) is 6.24. The zero-order valence-corrected chi connectivity index (χ0v) is 18.8. The average Bonchev–Trinajstić information content (AvgIpc) is 2.78. The topological polar surface area (TPSA) is 81.1 Å². The number of carboxylic acids is 1. The summed E-state index contributed by atoms with van der Waals surface area (Å²) < 4.78 is 0. The lowest BCUT2D eigenvalue weighted by Gasteiger charge is -2.45. The normalized spacial score (nSPS) is 25.9. The molecular formula is C26H32N2O4. The van der Waals surface area contributed by atoms with E-state index in [-0.39, 0.29) is 11.3 Å². The number of likely N-dealkylation sites (tertiary alicyclic amines) is 1. The van der Waals surface area contributed by atoms with Gasteiger partial charge < -0.3 is 20.0 Å². The van der Waals surface area contributed by atoms with Crippen LogP contribution in [0.5, 0.6) is 5.75 Å². The minimum atomic E-state index is -0.943. The molecule has 1 amide bonds. The summed E-state index contributed by atoms with van der Waals surface area (Å²) in [6.07, 6.45) is 1.63. The molecule has 2 aromatic carbocycles. The summed E-state index contributed by atoms with van der Waals surface area (Å²) in [6, 6.07) is 14.5. The van der Waals surface area contributed by atoms with Gasteiger partial charge >= 0.3 is 5.97 Å². The molecule has 170 valence electrons. The molecule has 0 unspecified atom stereocenters. The summed E-state index contributed by atoms with van der Waals surface area (Å²) in [5, 5.41) is 19.6. The van der Waals surface area contributed by atoms with Gasteiger partial charge in [0.25, 0.3) is 0 Å². The van der Waals surface area contributed by atoms with E-state index in [0.717, 1.165) is 36.2 Å². The van der Waals surface area contributed by atoms with E-state index < -0.39 is 12.0 Å². The summed E-state index contributed by atoms with van der Waals surface area (Å²) in [5.41, 5.74) is 3.17. The van der Waals surface area contributed by atoms with E-state index in [1.807, 2.05) is 36.4 Å². The van der Waals surface area contributed by atoms with Crippen LogP contribution in [-0.2, 0) is 28.0 Å². The van der Waals surface area contributed by atoms with Crippen LogP contribution in [0.3, 0.4) is 0 Å². The highest BCUT2D eigenvalue weighted by atomic mass is 16.4. The summed E-state index contributed by atoms with van der Waals surface area (Å²) >= 11 is 0. The number of carbonyl (C=O) groups is 2. The number of carboxylic acid groups (broad SMARTS) is 1. The Morgan fingerprint density at radius 3 is 2.56 bits per heavy atom. The molecule has 1 fully saturated rings. The number of nitrogens with zero attached hydrogens (tertiary/aromatic N) is 2. The maximum atomic E-state index is 13.0. The van der Waals surface area contributed by atoms with E-state index in [2.05, 4.69) is 24.8 Å². The van der Waals surface area contributed by atoms with Gasteiger partial charge in [0.05, 0.1) is 0 Å². The number of carbonyl (C=O) groups excluding carboxylic acids is 1. The van der Waals surface area contributed by atoms with Gasteiger partial charge in [0.2, 0.25) is 5.91 Å². The van der Waals surface area contributed by atoms with Crippen LogP contribution in [0.25, 0.3) is 0 Å². The second-order valence-corrected chi connectivity index (χ2v) is 9.52. The molecule has 0 radical (unpaired) electrons. The number of rotatable bonds is 5. The molecule has 2 N–H and O–H groups in total. The van der Waals surface area contributed by atoms with Gasteiger partial charge in [-0.15, -0.1) is 0 Å². The number of benzene rings is 2. The lowest BCUT2D eigenvalue weighted by atomic mass is 9.68. The van der Waals surface area contributed by atoms with Crippen molar-refractivity contribution < 1.29 is 19.8 Å². The molecule has 6 nitrogen and oxygen atoms in total. The van der Waals surface area contributed by atoms with Crippen LogP contribution in [0.1, 0.15) is 43.4 Å². The van der Waals surface area contributed by atoms with Gasteiger partial charge in [-0.05, 0) is 53.1 Å². The highest BCUT2D eigenvalue weighted by molar-refractivity contribution is 5.84. The van der Waals surface area contributed by atoms with Crippen LogP contribution >= 0.6 is 0 Å². The highest BCUT2D eigenvalue weighted by Gasteiger charge is 2.39. The Morgan fingerprint density at radius 2 is 1.88 bits per heavy atom. The van der Waals surface area contributed by atoms with Crippen molar-refractivity contribution in [3.63, 3.8) is 0 Å². The summed E-state index contributed by atoms with van der Waals surface area (Å²) in [7, 11) is 0. The molecular weight excluding hydrogens is 404 g/mol. The van der Waals surface area contributed by atoms with Crippen molar-refractivity contribution in [3.8, 4) is 5.75 Å². The fourth-order valence-corrected chi connectivity index (χ4v) is 5.21. The molecule has 2 aromatic rings. The van der Waals surface area contributed by atoms with Gasteiger partial charge in [0, 0.05) is 32.5 Å². The molecule has 0 bridgehead atoms. The molecule has 2 aliphatic heterocycles. The lowest BCUT2D eigenvalue weighted by molar-refractivity contribution is -0.151. The fraction of sp³-hybridized carbons (Fsp3) is 0.462. The third-order valence-corrected chi connectivity index (χ3v) is 7.57. The van der Waals surface area contributed by atoms with E-state index in [9.17, 15) is 19.8 Å². The van der Waals surface area contributed by atoms with Crippen LogP contribution in [-0.4, -0.2) is 57.6 Å². The number of aromatic hydroxyl groups is 1. The summed E-state index contributed by atoms with van der Waals surface area (Å²) in [6.45, 7) is 7.19.